The highest BCUT2D eigenvalue weighted by molar-refractivity contribution is 6.11. The molecular weight excluding hydrogens is 432 g/mol. The van der Waals surface area contributed by atoms with Gasteiger partial charge in [-0.2, -0.15) is 0 Å². The van der Waals surface area contributed by atoms with Gasteiger partial charge in [0.1, 0.15) is 12.1 Å². The third kappa shape index (κ3) is 3.67. The maximum absolute atomic E-state index is 13.3. The number of anilines is 2. The average Bonchev–Trinajstić information content (AvgIpc) is 3.36. The number of hydrogen-bond acceptors (Lipinski definition) is 4. The number of carbonyl (C=O) groups excluding carboxylic acids is 4. The summed E-state index contributed by atoms with van der Waals surface area (Å²) in [5.41, 5.74) is 0.700. The number of amides is 5. The summed E-state index contributed by atoms with van der Waals surface area (Å²) in [7, 11) is 0. The molecule has 0 saturated carbocycles. The zero-order valence-electron chi connectivity index (χ0n) is 18.7. The molecule has 0 radical (unpaired) electrons. The Balaban J connectivity index is 1.30. The van der Waals surface area contributed by atoms with E-state index in [-0.39, 0.29) is 5.91 Å². The predicted octanol–water partition coefficient (Wildman–Crippen LogP) is 3.37. The van der Waals surface area contributed by atoms with Crippen molar-refractivity contribution in [2.45, 2.75) is 25.3 Å². The Labute approximate surface area is 196 Å². The summed E-state index contributed by atoms with van der Waals surface area (Å²) in [6.07, 6.45) is 1.38. The molecule has 2 aliphatic rings. The Morgan fingerprint density at radius 1 is 1.00 bits per heavy atom. The molecule has 8 nitrogen and oxygen atoms in total. The highest BCUT2D eigenvalue weighted by atomic mass is 16.2. The van der Waals surface area contributed by atoms with Crippen LogP contribution in [-0.2, 0) is 19.9 Å². The van der Waals surface area contributed by atoms with E-state index in [9.17, 15) is 19.2 Å². The van der Waals surface area contributed by atoms with Crippen molar-refractivity contribution in [1.29, 1.82) is 0 Å². The van der Waals surface area contributed by atoms with Crippen LogP contribution in [-0.4, -0.2) is 41.7 Å². The van der Waals surface area contributed by atoms with Crippen LogP contribution in [0.2, 0.25) is 0 Å². The first-order valence-corrected chi connectivity index (χ1v) is 11.2. The molecule has 1 atom stereocenters. The van der Waals surface area contributed by atoms with Crippen LogP contribution in [0.1, 0.15) is 25.3 Å². The molecule has 0 spiro atoms. The van der Waals surface area contributed by atoms with E-state index in [1.165, 1.54) is 0 Å². The fraction of sp³-hybridized carbons (Fsp3) is 0.231. The Morgan fingerprint density at radius 3 is 2.47 bits per heavy atom. The van der Waals surface area contributed by atoms with E-state index in [1.54, 1.807) is 36.1 Å². The molecule has 2 fully saturated rings. The van der Waals surface area contributed by atoms with Crippen molar-refractivity contribution in [1.82, 2.24) is 10.2 Å². The van der Waals surface area contributed by atoms with Crippen molar-refractivity contribution >= 4 is 45.9 Å². The van der Waals surface area contributed by atoms with Gasteiger partial charge < -0.3 is 15.5 Å². The van der Waals surface area contributed by atoms with Gasteiger partial charge in [-0.3, -0.25) is 19.3 Å². The molecule has 2 heterocycles. The van der Waals surface area contributed by atoms with E-state index < -0.39 is 29.9 Å². The highest BCUT2D eigenvalue weighted by Crippen LogP contribution is 2.33. The molecule has 34 heavy (non-hydrogen) atoms. The standard InChI is InChI=1S/C26H24N4O4/c1-26(21-9-4-7-17-6-2-3-8-20(17)21)24(33)30(25(34)28-26)16-22(31)27-18-11-13-19(14-12-18)29-15-5-10-23(29)32/h2-4,6-9,11-14H,5,10,15-16H2,1H3,(H,27,31)(H,28,34). The molecule has 0 aromatic heterocycles. The molecule has 5 rings (SSSR count). The molecule has 3 aromatic carbocycles. The summed E-state index contributed by atoms with van der Waals surface area (Å²) in [6, 6.07) is 19.6. The summed E-state index contributed by atoms with van der Waals surface area (Å²) < 4.78 is 0. The van der Waals surface area contributed by atoms with Gasteiger partial charge in [0.25, 0.3) is 5.91 Å². The normalized spacial score (nSPS) is 20.2. The van der Waals surface area contributed by atoms with Crippen molar-refractivity contribution < 1.29 is 19.2 Å². The second kappa shape index (κ2) is 8.30. The van der Waals surface area contributed by atoms with E-state index in [1.807, 2.05) is 42.5 Å². The number of hydrogen-bond donors (Lipinski definition) is 2. The number of carbonyl (C=O) groups is 4. The molecule has 2 aliphatic heterocycles. The Bertz CT molecular complexity index is 1310. The lowest BCUT2D eigenvalue weighted by molar-refractivity contribution is -0.133. The second-order valence-electron chi connectivity index (χ2n) is 8.72. The Kier molecular flexibility index (Phi) is 5.28. The van der Waals surface area contributed by atoms with Crippen molar-refractivity contribution in [3.05, 3.63) is 72.3 Å². The summed E-state index contributed by atoms with van der Waals surface area (Å²) >= 11 is 0. The average molecular weight is 457 g/mol. The summed E-state index contributed by atoms with van der Waals surface area (Å²) in [6.45, 7) is 1.94. The molecule has 0 bridgehead atoms. The van der Waals surface area contributed by atoms with Crippen molar-refractivity contribution in [2.75, 3.05) is 23.3 Å². The summed E-state index contributed by atoms with van der Waals surface area (Å²) in [5, 5.41) is 7.31. The van der Waals surface area contributed by atoms with Gasteiger partial charge >= 0.3 is 6.03 Å². The van der Waals surface area contributed by atoms with E-state index in [0.29, 0.717) is 24.2 Å². The Hall–Kier alpha value is -4.20. The van der Waals surface area contributed by atoms with Gasteiger partial charge in [0.05, 0.1) is 0 Å². The second-order valence-corrected chi connectivity index (χ2v) is 8.72. The lowest BCUT2D eigenvalue weighted by Crippen LogP contribution is -2.42. The van der Waals surface area contributed by atoms with Crippen LogP contribution < -0.4 is 15.5 Å². The van der Waals surface area contributed by atoms with Crippen LogP contribution in [0.5, 0.6) is 0 Å². The van der Waals surface area contributed by atoms with Gasteiger partial charge in [-0.05, 0) is 53.9 Å². The SMILES string of the molecule is CC1(c2cccc3ccccc23)NC(=O)N(CC(=O)Nc2ccc(N3CCCC3=O)cc2)C1=O. The smallest absolute Gasteiger partial charge is 0.325 e. The number of benzene rings is 3. The van der Waals surface area contributed by atoms with Crippen LogP contribution in [0.15, 0.2) is 66.7 Å². The first-order valence-electron chi connectivity index (χ1n) is 11.2. The van der Waals surface area contributed by atoms with Crippen LogP contribution in [0, 0.1) is 0 Å². The minimum Gasteiger partial charge on any atom is -0.325 e. The Morgan fingerprint density at radius 2 is 1.74 bits per heavy atom. The van der Waals surface area contributed by atoms with Gasteiger partial charge in [0.2, 0.25) is 11.8 Å². The molecule has 172 valence electrons. The fourth-order valence-corrected chi connectivity index (χ4v) is 4.67. The largest absolute Gasteiger partial charge is 0.325 e. The number of imide groups is 1. The third-order valence-corrected chi connectivity index (χ3v) is 6.44. The van der Waals surface area contributed by atoms with E-state index in [0.717, 1.165) is 27.8 Å². The zero-order chi connectivity index (χ0) is 23.9. The lowest BCUT2D eigenvalue weighted by Gasteiger charge is -2.24. The molecule has 0 aliphatic carbocycles. The van der Waals surface area contributed by atoms with E-state index in [2.05, 4.69) is 10.6 Å². The molecule has 1 unspecified atom stereocenters. The number of urea groups is 1. The van der Waals surface area contributed by atoms with Crippen molar-refractivity contribution in [2.24, 2.45) is 0 Å². The first-order chi connectivity index (χ1) is 16.4. The van der Waals surface area contributed by atoms with Gasteiger partial charge in [-0.25, -0.2) is 4.79 Å². The quantitative estimate of drug-likeness (QED) is 0.575. The van der Waals surface area contributed by atoms with E-state index in [4.69, 9.17) is 0 Å². The van der Waals surface area contributed by atoms with Crippen LogP contribution >= 0.6 is 0 Å². The predicted molar refractivity (Wildman–Crippen MR) is 128 cm³/mol. The first kappa shape index (κ1) is 21.6. The number of fused-ring (bicyclic) bond motifs is 1. The van der Waals surface area contributed by atoms with E-state index >= 15 is 0 Å². The van der Waals surface area contributed by atoms with Gasteiger partial charge in [0, 0.05) is 24.3 Å². The van der Waals surface area contributed by atoms with Gasteiger partial charge in [0.15, 0.2) is 0 Å². The number of nitrogens with one attached hydrogen (secondary N) is 2. The molecule has 8 heteroatoms. The number of rotatable bonds is 5. The molecule has 2 N–H and O–H groups in total. The zero-order valence-corrected chi connectivity index (χ0v) is 18.7. The number of nitrogens with zero attached hydrogens (tertiary/aromatic N) is 2. The van der Waals surface area contributed by atoms with Gasteiger partial charge in [-0.15, -0.1) is 0 Å². The summed E-state index contributed by atoms with van der Waals surface area (Å²) in [4.78, 5) is 53.2. The molecular formula is C26H24N4O4. The molecule has 2 saturated heterocycles. The van der Waals surface area contributed by atoms with Crippen LogP contribution in [0.4, 0.5) is 16.2 Å². The topological polar surface area (TPSA) is 98.8 Å². The summed E-state index contributed by atoms with van der Waals surface area (Å²) in [5.74, 6) is -0.882. The molecule has 5 amide bonds. The monoisotopic (exact) mass is 456 g/mol. The minimum absolute atomic E-state index is 0.0876. The lowest BCUT2D eigenvalue weighted by atomic mass is 9.88. The fourth-order valence-electron chi connectivity index (χ4n) is 4.67. The van der Waals surface area contributed by atoms with Crippen molar-refractivity contribution in [3.63, 3.8) is 0 Å². The van der Waals surface area contributed by atoms with Crippen LogP contribution in [0.25, 0.3) is 10.8 Å². The highest BCUT2D eigenvalue weighted by Gasteiger charge is 2.50. The third-order valence-electron chi connectivity index (χ3n) is 6.44. The maximum Gasteiger partial charge on any atom is 0.325 e. The minimum atomic E-state index is -1.28. The van der Waals surface area contributed by atoms with Gasteiger partial charge in [-0.1, -0.05) is 42.5 Å². The van der Waals surface area contributed by atoms with Crippen LogP contribution in [0.3, 0.4) is 0 Å². The maximum atomic E-state index is 13.3. The molecule has 3 aromatic rings. The van der Waals surface area contributed by atoms with Crippen molar-refractivity contribution in [3.8, 4) is 0 Å².